The Hall–Kier alpha value is -1.89. The van der Waals surface area contributed by atoms with Crippen molar-refractivity contribution in [3.8, 4) is 0 Å². The maximum Gasteiger partial charge on any atom is 0.332 e. The first-order valence-electron chi connectivity index (χ1n) is 9.16. The highest BCUT2D eigenvalue weighted by molar-refractivity contribution is 5.93. The lowest BCUT2D eigenvalue weighted by Crippen LogP contribution is -2.16. The molecule has 0 amide bonds. The van der Waals surface area contributed by atoms with E-state index >= 15 is 0 Å². The number of carboxylic acids is 2. The maximum absolute atomic E-state index is 12.1. The molecule has 0 radical (unpaired) electrons. The van der Waals surface area contributed by atoms with Gasteiger partial charge in [-0.15, -0.1) is 0 Å². The summed E-state index contributed by atoms with van der Waals surface area (Å²) in [6, 6.07) is 0. The first-order chi connectivity index (χ1) is 12.3. The predicted octanol–water partition coefficient (Wildman–Crippen LogP) is 3.42. The Balaban J connectivity index is 5.27. The van der Waals surface area contributed by atoms with Gasteiger partial charge in [-0.2, -0.15) is 0 Å². The lowest BCUT2D eigenvalue weighted by atomic mass is 9.87. The molecule has 0 aliphatic rings. The summed E-state index contributed by atoms with van der Waals surface area (Å²) in [7, 11) is 1.55. The zero-order valence-corrected chi connectivity index (χ0v) is 16.1. The first-order valence-corrected chi connectivity index (χ1v) is 9.16. The highest BCUT2D eigenvalue weighted by Crippen LogP contribution is 2.27. The average molecular weight is 372 g/mol. The fourth-order valence-corrected chi connectivity index (χ4v) is 2.71. The van der Waals surface area contributed by atoms with Crippen molar-refractivity contribution in [2.75, 3.05) is 20.3 Å². The number of carbonyl (C=O) groups excluding carboxylic acids is 1. The number of ether oxygens (including phenoxy) is 2. The summed E-state index contributed by atoms with van der Waals surface area (Å²) < 4.78 is 9.99. The number of rotatable bonds is 15. The third-order valence-corrected chi connectivity index (χ3v) is 4.20. The number of methoxy groups -OCH3 is 1. The van der Waals surface area contributed by atoms with Crippen molar-refractivity contribution in [3.05, 3.63) is 11.1 Å². The fourth-order valence-electron chi connectivity index (χ4n) is 2.71. The van der Waals surface area contributed by atoms with Crippen molar-refractivity contribution >= 4 is 17.9 Å². The molecule has 0 aromatic heterocycles. The minimum absolute atomic E-state index is 0.189. The van der Waals surface area contributed by atoms with Gasteiger partial charge in [0.25, 0.3) is 0 Å². The number of unbranched alkanes of at least 4 members (excludes halogenated alkanes) is 1. The van der Waals surface area contributed by atoms with Crippen LogP contribution in [0.15, 0.2) is 11.1 Å². The van der Waals surface area contributed by atoms with Gasteiger partial charge >= 0.3 is 17.9 Å². The topological polar surface area (TPSA) is 110 Å². The molecule has 0 aromatic carbocycles. The fraction of sp³-hybridized carbons (Fsp3) is 0.737. The second kappa shape index (κ2) is 14.3. The van der Waals surface area contributed by atoms with Gasteiger partial charge in [-0.05, 0) is 17.9 Å². The van der Waals surface area contributed by atoms with E-state index in [1.807, 2.05) is 6.92 Å². The van der Waals surface area contributed by atoms with Crippen LogP contribution < -0.4 is 0 Å². The highest BCUT2D eigenvalue weighted by atomic mass is 16.5. The molecule has 1 unspecified atom stereocenters. The summed E-state index contributed by atoms with van der Waals surface area (Å²) in [5.41, 5.74) is 0.154. The molecule has 7 heteroatoms. The van der Waals surface area contributed by atoms with Crippen molar-refractivity contribution < 1.29 is 34.1 Å². The minimum Gasteiger partial charge on any atom is -0.481 e. The second-order valence-electron chi connectivity index (χ2n) is 6.32. The number of hydrogen-bond acceptors (Lipinski definition) is 5. The van der Waals surface area contributed by atoms with E-state index in [0.29, 0.717) is 25.0 Å². The van der Waals surface area contributed by atoms with Crippen LogP contribution >= 0.6 is 0 Å². The molecule has 1 atom stereocenters. The lowest BCUT2D eigenvalue weighted by molar-refractivity contribution is -0.143. The van der Waals surface area contributed by atoms with E-state index in [4.69, 9.17) is 14.6 Å². The Morgan fingerprint density at radius 2 is 1.69 bits per heavy atom. The molecule has 150 valence electrons. The third kappa shape index (κ3) is 10.9. The van der Waals surface area contributed by atoms with Crippen molar-refractivity contribution in [1.29, 1.82) is 0 Å². The smallest absolute Gasteiger partial charge is 0.332 e. The monoisotopic (exact) mass is 372 g/mol. The average Bonchev–Trinajstić information content (AvgIpc) is 2.59. The molecule has 0 fully saturated rings. The molecular formula is C19H32O7. The molecule has 7 nitrogen and oxygen atoms in total. The quantitative estimate of drug-likeness (QED) is 0.257. The van der Waals surface area contributed by atoms with Crippen LogP contribution in [0.4, 0.5) is 0 Å². The third-order valence-electron chi connectivity index (χ3n) is 4.20. The van der Waals surface area contributed by atoms with Crippen molar-refractivity contribution in [3.63, 3.8) is 0 Å². The number of carboxylic acid groups (broad SMARTS) is 2. The van der Waals surface area contributed by atoms with E-state index in [1.54, 1.807) is 7.11 Å². The zero-order chi connectivity index (χ0) is 19.9. The second-order valence-corrected chi connectivity index (χ2v) is 6.32. The first kappa shape index (κ1) is 24.1. The molecule has 0 heterocycles. The molecule has 0 spiro atoms. The summed E-state index contributed by atoms with van der Waals surface area (Å²) in [6.45, 7) is 4.74. The lowest BCUT2D eigenvalue weighted by Gasteiger charge is -2.18. The molecule has 26 heavy (non-hydrogen) atoms. The molecule has 0 saturated carbocycles. The van der Waals surface area contributed by atoms with E-state index in [-0.39, 0.29) is 24.5 Å². The van der Waals surface area contributed by atoms with Crippen molar-refractivity contribution in [2.45, 2.75) is 65.2 Å². The minimum atomic E-state index is -1.29. The van der Waals surface area contributed by atoms with Crippen LogP contribution in [0.2, 0.25) is 0 Å². The molecule has 0 aromatic rings. The van der Waals surface area contributed by atoms with E-state index < -0.39 is 24.3 Å². The highest BCUT2D eigenvalue weighted by Gasteiger charge is 2.22. The van der Waals surface area contributed by atoms with Gasteiger partial charge in [-0.25, -0.2) is 4.79 Å². The predicted molar refractivity (Wildman–Crippen MR) is 96.9 cm³/mol. The Labute approximate surface area is 155 Å². The standard InChI is InChI=1S/C19H32O7/c1-4-6-8-14(5-2)11-15(16(19(23)24)13-17(20)21)12-18(22)26-10-7-9-25-3/h14H,4-13H2,1-3H3,(H,20,21)(H,23,24). The van der Waals surface area contributed by atoms with Crippen LogP contribution in [-0.4, -0.2) is 48.4 Å². The molecule has 2 N–H and O–H groups in total. The molecular weight excluding hydrogens is 340 g/mol. The van der Waals surface area contributed by atoms with Crippen LogP contribution in [-0.2, 0) is 23.9 Å². The maximum atomic E-state index is 12.1. The van der Waals surface area contributed by atoms with Gasteiger partial charge in [0.15, 0.2) is 0 Å². The Bertz CT molecular complexity index is 482. The van der Waals surface area contributed by atoms with Gasteiger partial charge in [0, 0.05) is 25.7 Å². The number of carbonyl (C=O) groups is 3. The summed E-state index contributed by atoms with van der Waals surface area (Å²) in [6.07, 6.45) is 3.95. The van der Waals surface area contributed by atoms with Crippen LogP contribution in [0, 0.1) is 5.92 Å². The largest absolute Gasteiger partial charge is 0.481 e. The van der Waals surface area contributed by atoms with Crippen LogP contribution in [0.3, 0.4) is 0 Å². The van der Waals surface area contributed by atoms with E-state index in [2.05, 4.69) is 6.92 Å². The van der Waals surface area contributed by atoms with Crippen molar-refractivity contribution in [2.24, 2.45) is 5.92 Å². The zero-order valence-electron chi connectivity index (χ0n) is 16.1. The van der Waals surface area contributed by atoms with Gasteiger partial charge in [0.05, 0.1) is 19.4 Å². The van der Waals surface area contributed by atoms with E-state index in [1.165, 1.54) is 0 Å². The Morgan fingerprint density at radius 1 is 1.00 bits per heavy atom. The summed E-state index contributed by atoms with van der Waals surface area (Å²) in [5.74, 6) is -2.84. The number of hydrogen-bond donors (Lipinski definition) is 2. The number of aliphatic carboxylic acids is 2. The van der Waals surface area contributed by atoms with E-state index in [0.717, 1.165) is 25.7 Å². The normalized spacial score (nSPS) is 13.0. The molecule has 0 aliphatic carbocycles. The summed E-state index contributed by atoms with van der Waals surface area (Å²) in [4.78, 5) is 34.7. The van der Waals surface area contributed by atoms with Gasteiger partial charge in [-0.3, -0.25) is 9.59 Å². The van der Waals surface area contributed by atoms with Crippen molar-refractivity contribution in [1.82, 2.24) is 0 Å². The van der Waals surface area contributed by atoms with Gasteiger partial charge in [-0.1, -0.05) is 39.5 Å². The van der Waals surface area contributed by atoms with Gasteiger partial charge < -0.3 is 19.7 Å². The Morgan fingerprint density at radius 3 is 2.19 bits per heavy atom. The van der Waals surface area contributed by atoms with Gasteiger partial charge in [0.1, 0.15) is 0 Å². The van der Waals surface area contributed by atoms with Crippen LogP contribution in [0.1, 0.15) is 65.2 Å². The molecule has 0 bridgehead atoms. The summed E-state index contributed by atoms with van der Waals surface area (Å²) >= 11 is 0. The van der Waals surface area contributed by atoms with E-state index in [9.17, 15) is 19.5 Å². The Kier molecular flexibility index (Phi) is 13.3. The molecule has 0 aliphatic heterocycles. The summed E-state index contributed by atoms with van der Waals surface area (Å²) in [5, 5.41) is 18.4. The number of esters is 1. The van der Waals surface area contributed by atoms with Crippen LogP contribution in [0.25, 0.3) is 0 Å². The van der Waals surface area contributed by atoms with Gasteiger partial charge in [0.2, 0.25) is 0 Å². The SMILES string of the molecule is CCCCC(CC)CC(CC(=O)OCCCOC)=C(CC(=O)O)C(=O)O. The van der Waals surface area contributed by atoms with Crippen LogP contribution in [0.5, 0.6) is 0 Å². The molecule has 0 saturated heterocycles. The molecule has 0 rings (SSSR count).